The van der Waals surface area contributed by atoms with E-state index in [-0.39, 0.29) is 0 Å². The normalized spacial score (nSPS) is 13.0. The Labute approximate surface area is 340 Å². The number of aromatic nitrogens is 1. The van der Waals surface area contributed by atoms with Gasteiger partial charge in [-0.25, -0.2) is 0 Å². The standard InChI is InChI=1S/C55H36N2S/c1-4-14-36(15-5-1)37-24-26-40(27-25-37)57(42-29-31-45-46-32-33-52-53(54(46)56-50(45)35-42)47-21-11-13-23-51(47)58-52)41-28-30-44-43-20-10-12-22-48(43)55(49(44)34-41,38-16-6-2-7-17-38)39-18-8-3-9-19-39/h1-35,56H. The zero-order chi connectivity index (χ0) is 38.2. The topological polar surface area (TPSA) is 19.0 Å². The van der Waals surface area contributed by atoms with E-state index in [2.05, 4.69) is 222 Å². The van der Waals surface area contributed by atoms with Gasteiger partial charge in [0, 0.05) is 53.5 Å². The maximum absolute atomic E-state index is 3.92. The number of hydrogen-bond donors (Lipinski definition) is 1. The van der Waals surface area contributed by atoms with Gasteiger partial charge in [0.05, 0.1) is 10.9 Å². The van der Waals surface area contributed by atoms with Gasteiger partial charge in [0.2, 0.25) is 0 Å². The number of fused-ring (bicyclic) bond motifs is 10. The zero-order valence-electron chi connectivity index (χ0n) is 31.6. The van der Waals surface area contributed by atoms with E-state index in [0.717, 1.165) is 22.6 Å². The Morgan fingerprint density at radius 2 is 0.983 bits per heavy atom. The first-order valence-electron chi connectivity index (χ1n) is 19.9. The van der Waals surface area contributed by atoms with Crippen molar-refractivity contribution in [2.45, 2.75) is 5.41 Å². The molecule has 0 spiro atoms. The molecule has 0 amide bonds. The fourth-order valence-corrected chi connectivity index (χ4v) is 10.9. The van der Waals surface area contributed by atoms with Gasteiger partial charge in [0.15, 0.2) is 0 Å². The number of hydrogen-bond acceptors (Lipinski definition) is 2. The van der Waals surface area contributed by atoms with E-state index in [0.29, 0.717) is 0 Å². The van der Waals surface area contributed by atoms with E-state index in [4.69, 9.17) is 0 Å². The highest BCUT2D eigenvalue weighted by atomic mass is 32.1. The molecule has 272 valence electrons. The fourth-order valence-electron chi connectivity index (χ4n) is 9.77. The van der Waals surface area contributed by atoms with Crippen LogP contribution in [0.5, 0.6) is 0 Å². The van der Waals surface area contributed by atoms with Crippen molar-refractivity contribution in [3.8, 4) is 22.3 Å². The van der Waals surface area contributed by atoms with E-state index < -0.39 is 5.41 Å². The minimum absolute atomic E-state index is 0.497. The van der Waals surface area contributed by atoms with Gasteiger partial charge in [-0.3, -0.25) is 0 Å². The molecule has 12 rings (SSSR count). The van der Waals surface area contributed by atoms with Gasteiger partial charge in [-0.2, -0.15) is 0 Å². The molecule has 0 radical (unpaired) electrons. The maximum Gasteiger partial charge on any atom is 0.0714 e. The van der Waals surface area contributed by atoms with Crippen molar-refractivity contribution in [2.75, 3.05) is 4.90 Å². The Morgan fingerprint density at radius 3 is 1.76 bits per heavy atom. The van der Waals surface area contributed by atoms with Crippen LogP contribution in [-0.4, -0.2) is 4.98 Å². The highest BCUT2D eigenvalue weighted by molar-refractivity contribution is 7.26. The number of rotatable bonds is 6. The molecular weight excluding hydrogens is 721 g/mol. The van der Waals surface area contributed by atoms with Crippen LogP contribution in [0.4, 0.5) is 17.1 Å². The SMILES string of the molecule is c1ccc(-c2ccc(N(c3ccc4c(c3)C(c3ccccc3)(c3ccccc3)c3ccccc3-4)c3ccc4c(c3)[nH]c3c4ccc4sc5ccccc5c43)cc2)cc1. The fraction of sp³-hybridized carbons (Fsp3) is 0.0182. The predicted octanol–water partition coefficient (Wildman–Crippen LogP) is 15.2. The van der Waals surface area contributed by atoms with Crippen LogP contribution in [0.3, 0.4) is 0 Å². The van der Waals surface area contributed by atoms with Crippen molar-refractivity contribution < 1.29 is 0 Å². The molecule has 1 aliphatic carbocycles. The van der Waals surface area contributed by atoms with E-state index in [1.54, 1.807) is 0 Å². The summed E-state index contributed by atoms with van der Waals surface area (Å²) in [6, 6.07) is 78.1. The molecule has 1 aliphatic rings. The van der Waals surface area contributed by atoms with Gasteiger partial charge < -0.3 is 9.88 Å². The average molecular weight is 757 g/mol. The van der Waals surface area contributed by atoms with Crippen molar-refractivity contribution in [2.24, 2.45) is 0 Å². The molecule has 0 saturated heterocycles. The number of aromatic amines is 1. The van der Waals surface area contributed by atoms with Gasteiger partial charge in [-0.15, -0.1) is 11.3 Å². The summed E-state index contributed by atoms with van der Waals surface area (Å²) in [4.78, 5) is 6.35. The van der Waals surface area contributed by atoms with Crippen molar-refractivity contribution in [1.29, 1.82) is 0 Å². The molecule has 9 aromatic carbocycles. The molecule has 1 N–H and O–H groups in total. The minimum atomic E-state index is -0.497. The molecule has 2 heterocycles. The summed E-state index contributed by atoms with van der Waals surface area (Å²) in [5, 5.41) is 5.09. The second-order valence-corrected chi connectivity index (χ2v) is 16.4. The molecule has 58 heavy (non-hydrogen) atoms. The third-order valence-corrected chi connectivity index (χ3v) is 13.4. The van der Waals surface area contributed by atoms with E-state index in [1.807, 2.05) is 11.3 Å². The van der Waals surface area contributed by atoms with Crippen LogP contribution in [0, 0.1) is 0 Å². The summed E-state index contributed by atoms with van der Waals surface area (Å²) < 4.78 is 2.62. The number of nitrogens with zero attached hydrogens (tertiary/aromatic N) is 1. The molecule has 0 aliphatic heterocycles. The number of H-pyrrole nitrogens is 1. The van der Waals surface area contributed by atoms with E-state index in [1.165, 1.54) is 81.0 Å². The van der Waals surface area contributed by atoms with Crippen LogP contribution in [-0.2, 0) is 5.41 Å². The Kier molecular flexibility index (Phi) is 7.35. The Bertz CT molecular complexity index is 3290. The van der Waals surface area contributed by atoms with Gasteiger partial charge >= 0.3 is 0 Å². The summed E-state index contributed by atoms with van der Waals surface area (Å²) in [6.45, 7) is 0. The van der Waals surface area contributed by atoms with Crippen LogP contribution >= 0.6 is 11.3 Å². The van der Waals surface area contributed by atoms with Crippen molar-refractivity contribution in [3.63, 3.8) is 0 Å². The molecule has 11 aromatic rings. The van der Waals surface area contributed by atoms with Gasteiger partial charge in [0.1, 0.15) is 0 Å². The summed E-state index contributed by atoms with van der Waals surface area (Å²) >= 11 is 1.86. The van der Waals surface area contributed by atoms with Crippen molar-refractivity contribution in [3.05, 3.63) is 235 Å². The van der Waals surface area contributed by atoms with Crippen LogP contribution in [0.2, 0.25) is 0 Å². The van der Waals surface area contributed by atoms with E-state index >= 15 is 0 Å². The molecule has 2 aromatic heterocycles. The van der Waals surface area contributed by atoms with E-state index in [9.17, 15) is 0 Å². The Morgan fingerprint density at radius 1 is 0.397 bits per heavy atom. The highest BCUT2D eigenvalue weighted by Gasteiger charge is 2.46. The Hall–Kier alpha value is -7.20. The Balaban J connectivity index is 1.10. The smallest absolute Gasteiger partial charge is 0.0714 e. The molecule has 0 fully saturated rings. The average Bonchev–Trinajstić information content (AvgIpc) is 3.95. The third-order valence-electron chi connectivity index (χ3n) is 12.3. The molecule has 0 atom stereocenters. The lowest BCUT2D eigenvalue weighted by Gasteiger charge is -2.35. The van der Waals surface area contributed by atoms with Gasteiger partial charge in [0.25, 0.3) is 0 Å². The predicted molar refractivity (Wildman–Crippen MR) is 246 cm³/mol. The lowest BCUT2D eigenvalue weighted by Crippen LogP contribution is -2.28. The summed E-state index contributed by atoms with van der Waals surface area (Å²) in [5.41, 5.74) is 15.2. The number of thiophene rings is 1. The van der Waals surface area contributed by atoms with Crippen LogP contribution < -0.4 is 4.90 Å². The van der Waals surface area contributed by atoms with Gasteiger partial charge in [-0.05, 0) is 93.0 Å². The third kappa shape index (κ3) is 4.84. The lowest BCUT2D eigenvalue weighted by molar-refractivity contribution is 0.768. The number of nitrogens with one attached hydrogen (secondary N) is 1. The van der Waals surface area contributed by atoms with Gasteiger partial charge in [-0.1, -0.05) is 164 Å². The van der Waals surface area contributed by atoms with Crippen LogP contribution in [0.1, 0.15) is 22.3 Å². The summed E-state index contributed by atoms with van der Waals surface area (Å²) in [5.74, 6) is 0. The maximum atomic E-state index is 3.92. The highest BCUT2D eigenvalue weighted by Crippen LogP contribution is 2.57. The van der Waals surface area contributed by atoms with Crippen LogP contribution in [0.15, 0.2) is 212 Å². The van der Waals surface area contributed by atoms with Crippen molar-refractivity contribution in [1.82, 2.24) is 4.98 Å². The zero-order valence-corrected chi connectivity index (χ0v) is 32.4. The largest absolute Gasteiger partial charge is 0.354 e. The molecule has 0 bridgehead atoms. The molecule has 3 heteroatoms. The lowest BCUT2D eigenvalue weighted by atomic mass is 9.67. The summed E-state index contributed by atoms with van der Waals surface area (Å²) in [7, 11) is 0. The molecular formula is C55H36N2S. The minimum Gasteiger partial charge on any atom is -0.354 e. The quantitative estimate of drug-likeness (QED) is 0.179. The first-order valence-corrected chi connectivity index (χ1v) is 20.7. The molecule has 2 nitrogen and oxygen atoms in total. The first-order chi connectivity index (χ1) is 28.8. The monoisotopic (exact) mass is 756 g/mol. The second kappa shape index (κ2) is 12.9. The molecule has 0 saturated carbocycles. The number of benzene rings is 9. The first kappa shape index (κ1) is 33.0. The van der Waals surface area contributed by atoms with Crippen molar-refractivity contribution >= 4 is 70.4 Å². The molecule has 0 unspecified atom stereocenters. The second-order valence-electron chi connectivity index (χ2n) is 15.3. The number of anilines is 3. The summed E-state index contributed by atoms with van der Waals surface area (Å²) in [6.07, 6.45) is 0. The van der Waals surface area contributed by atoms with Crippen LogP contribution in [0.25, 0.3) is 64.2 Å².